The average Bonchev–Trinajstić information content (AvgIpc) is 2.15. The molecular weight excluding hydrogens is 323 g/mol. The maximum Gasteiger partial charge on any atom is 1.00 e. The van der Waals surface area contributed by atoms with E-state index in [1.165, 1.54) is 25.7 Å². The maximum atomic E-state index is 10.1. The normalized spacial score (nSPS) is 16.7. The number of carbonyl (C=O) groups is 3. The third-order valence-electron chi connectivity index (χ3n) is 1.97. The van der Waals surface area contributed by atoms with Gasteiger partial charge in [0.2, 0.25) is 0 Å². The van der Waals surface area contributed by atoms with E-state index in [4.69, 9.17) is 0 Å². The molecule has 0 heterocycles. The first kappa shape index (κ1) is 19.3. The molecule has 18 heavy (non-hydrogen) atoms. The minimum absolute atomic E-state index is 0. The molecule has 0 aromatic rings. The second kappa shape index (κ2) is 12.4. The van der Waals surface area contributed by atoms with Gasteiger partial charge in [-0.15, -0.1) is 0 Å². The van der Waals surface area contributed by atoms with Crippen molar-refractivity contribution in [2.24, 2.45) is 0 Å². The van der Waals surface area contributed by atoms with E-state index in [9.17, 15) is 19.5 Å². The van der Waals surface area contributed by atoms with E-state index >= 15 is 0 Å². The molecule has 1 aliphatic carbocycles. The van der Waals surface area contributed by atoms with Crippen molar-refractivity contribution in [1.82, 2.24) is 0 Å². The third kappa shape index (κ3) is 13.0. The third-order valence-corrected chi connectivity index (χ3v) is 1.97. The number of carbonyl (C=O) groups excluding carboxylic acids is 3. The Morgan fingerprint density at radius 1 is 0.944 bits per heavy atom. The van der Waals surface area contributed by atoms with Crippen LogP contribution in [0.15, 0.2) is 24.3 Å². The first-order chi connectivity index (χ1) is 8.04. The smallest absolute Gasteiger partial charge is 0.542 e. The molecule has 4 nitrogen and oxygen atoms in total. The van der Waals surface area contributed by atoms with Gasteiger partial charge in [0.15, 0.2) is 5.78 Å². The second-order valence-electron chi connectivity index (χ2n) is 3.69. The standard InChI is InChI=1S/C8H12.C5H6O4.Rh/c1-2-4-6-8-7-5-3-1;1-3(6)2-4(7)5(8)9;/h1-2,7-8H,3-6H2;2H2,1H3,(H,8,9);/q;;+1/p-1/b2-1-,8-7-;;. The van der Waals surface area contributed by atoms with Crippen molar-refractivity contribution < 1.29 is 39.0 Å². The van der Waals surface area contributed by atoms with Gasteiger partial charge in [-0.05, 0) is 32.6 Å². The van der Waals surface area contributed by atoms with Crippen molar-refractivity contribution in [3.8, 4) is 0 Å². The average molecular weight is 340 g/mol. The summed E-state index contributed by atoms with van der Waals surface area (Å²) in [5.41, 5.74) is 0. The van der Waals surface area contributed by atoms with Crippen LogP contribution in [0.3, 0.4) is 0 Å². The largest absolute Gasteiger partial charge is 1.00 e. The van der Waals surface area contributed by atoms with Gasteiger partial charge in [0, 0.05) is 0 Å². The quantitative estimate of drug-likeness (QED) is 0.332. The van der Waals surface area contributed by atoms with Crippen LogP contribution in [0, 0.1) is 0 Å². The van der Waals surface area contributed by atoms with Crippen LogP contribution >= 0.6 is 0 Å². The number of aliphatic carboxylic acids is 1. The van der Waals surface area contributed by atoms with Gasteiger partial charge in [0.25, 0.3) is 0 Å². The number of allylic oxidation sites excluding steroid dienone is 4. The van der Waals surface area contributed by atoms with Gasteiger partial charge in [-0.2, -0.15) is 0 Å². The van der Waals surface area contributed by atoms with Crippen LogP contribution in [-0.2, 0) is 33.9 Å². The molecule has 0 unspecified atom stereocenters. The minimum atomic E-state index is -1.80. The summed E-state index contributed by atoms with van der Waals surface area (Å²) in [4.78, 5) is 29.7. The van der Waals surface area contributed by atoms with E-state index in [-0.39, 0.29) is 19.5 Å². The van der Waals surface area contributed by atoms with E-state index in [1.807, 2.05) is 0 Å². The molecule has 0 atom stereocenters. The zero-order chi connectivity index (χ0) is 13.1. The van der Waals surface area contributed by atoms with Crippen molar-refractivity contribution in [2.45, 2.75) is 39.0 Å². The van der Waals surface area contributed by atoms with E-state index < -0.39 is 24.0 Å². The van der Waals surface area contributed by atoms with Crippen molar-refractivity contribution in [2.75, 3.05) is 0 Å². The van der Waals surface area contributed by atoms with Crippen LogP contribution in [0.1, 0.15) is 39.0 Å². The Kier molecular flexibility index (Phi) is 13.2. The van der Waals surface area contributed by atoms with Gasteiger partial charge in [0.05, 0.1) is 6.42 Å². The van der Waals surface area contributed by atoms with Crippen LogP contribution in [0.2, 0.25) is 0 Å². The Bertz CT molecular complexity index is 306. The Morgan fingerprint density at radius 2 is 1.28 bits per heavy atom. The fraction of sp³-hybridized carbons (Fsp3) is 0.462. The second-order valence-corrected chi connectivity index (χ2v) is 3.69. The van der Waals surface area contributed by atoms with Crippen molar-refractivity contribution >= 4 is 17.5 Å². The summed E-state index contributed by atoms with van der Waals surface area (Å²) >= 11 is 0. The molecule has 1 rings (SSSR count). The molecule has 0 amide bonds. The first-order valence-electron chi connectivity index (χ1n) is 5.57. The zero-order valence-corrected chi connectivity index (χ0v) is 11.9. The van der Waals surface area contributed by atoms with Crippen LogP contribution in [0.4, 0.5) is 0 Å². The van der Waals surface area contributed by atoms with Crippen molar-refractivity contribution in [3.05, 3.63) is 24.3 Å². The number of ketones is 2. The van der Waals surface area contributed by atoms with Crippen molar-refractivity contribution in [1.29, 1.82) is 0 Å². The number of hydrogen-bond acceptors (Lipinski definition) is 4. The summed E-state index contributed by atoms with van der Waals surface area (Å²) in [6.07, 6.45) is 13.4. The van der Waals surface area contributed by atoms with E-state index in [0.717, 1.165) is 6.92 Å². The molecule has 0 aromatic carbocycles. The molecule has 0 N–H and O–H groups in total. The fourth-order valence-electron chi connectivity index (χ4n) is 1.15. The van der Waals surface area contributed by atoms with Gasteiger partial charge >= 0.3 is 19.5 Å². The van der Waals surface area contributed by atoms with E-state index in [1.54, 1.807) is 0 Å². The molecule has 0 spiro atoms. The monoisotopic (exact) mass is 340 g/mol. The molecule has 0 aliphatic heterocycles. The number of hydrogen-bond donors (Lipinski definition) is 0. The number of carboxylic acids is 1. The zero-order valence-electron chi connectivity index (χ0n) is 10.3. The molecule has 0 aromatic heterocycles. The minimum Gasteiger partial charge on any atom is -0.542 e. The molecule has 0 saturated heterocycles. The fourth-order valence-corrected chi connectivity index (χ4v) is 1.15. The number of rotatable bonds is 3. The Labute approximate surface area is 120 Å². The topological polar surface area (TPSA) is 74.3 Å². The summed E-state index contributed by atoms with van der Waals surface area (Å²) in [5, 5.41) is 9.62. The molecule has 1 aliphatic rings. The molecular formula is C13H17O4Rh. The van der Waals surface area contributed by atoms with Crippen LogP contribution in [-0.4, -0.2) is 17.5 Å². The molecule has 0 bridgehead atoms. The summed E-state index contributed by atoms with van der Waals surface area (Å²) in [7, 11) is 0. The van der Waals surface area contributed by atoms with Crippen LogP contribution in [0.5, 0.6) is 0 Å². The van der Waals surface area contributed by atoms with Gasteiger partial charge in [0.1, 0.15) is 11.8 Å². The molecule has 0 radical (unpaired) electrons. The first-order valence-corrected chi connectivity index (χ1v) is 5.57. The number of Topliss-reactive ketones (excluding diaryl/α,β-unsaturated/α-hetero) is 2. The van der Waals surface area contributed by atoms with Crippen LogP contribution < -0.4 is 5.11 Å². The Hall–Kier alpha value is -1.09. The Balaban J connectivity index is 0. The SMILES string of the molecule is C1=C\CC/C=C\CC/1.CC(=O)CC(=O)C(=O)[O-].[Rh+]. The number of carboxylic acid groups (broad SMARTS) is 1. The predicted octanol–water partition coefficient (Wildman–Crippen LogP) is 0.955. The van der Waals surface area contributed by atoms with Crippen LogP contribution in [0.25, 0.3) is 0 Å². The molecule has 0 fully saturated rings. The summed E-state index contributed by atoms with van der Waals surface area (Å²) in [6.45, 7) is 1.14. The molecule has 102 valence electrons. The molecule has 0 saturated carbocycles. The summed E-state index contributed by atoms with van der Waals surface area (Å²) < 4.78 is 0. The summed E-state index contributed by atoms with van der Waals surface area (Å²) in [5.74, 6) is -3.43. The van der Waals surface area contributed by atoms with Crippen molar-refractivity contribution in [3.63, 3.8) is 0 Å². The van der Waals surface area contributed by atoms with Gasteiger partial charge < -0.3 is 9.90 Å². The van der Waals surface area contributed by atoms with E-state index in [0.29, 0.717) is 0 Å². The maximum absolute atomic E-state index is 10.1. The predicted molar refractivity (Wildman–Crippen MR) is 62.1 cm³/mol. The summed E-state index contributed by atoms with van der Waals surface area (Å²) in [6, 6.07) is 0. The van der Waals surface area contributed by atoms with Gasteiger partial charge in [-0.3, -0.25) is 9.59 Å². The molecule has 5 heteroatoms. The van der Waals surface area contributed by atoms with E-state index in [2.05, 4.69) is 24.3 Å². The Morgan fingerprint density at radius 3 is 1.44 bits per heavy atom. The van der Waals surface area contributed by atoms with Gasteiger partial charge in [-0.1, -0.05) is 24.3 Å². The van der Waals surface area contributed by atoms with Gasteiger partial charge in [-0.25, -0.2) is 0 Å².